The number of hydrogen-bond acceptors (Lipinski definition) is 4. The molecule has 2 aromatic rings. The van der Waals surface area contributed by atoms with Crippen molar-refractivity contribution in [3.8, 4) is 0 Å². The molecule has 1 aromatic heterocycles. The molecule has 7 heteroatoms. The van der Waals surface area contributed by atoms with E-state index in [1.807, 2.05) is 18.4 Å². The van der Waals surface area contributed by atoms with Crippen molar-refractivity contribution in [3.63, 3.8) is 0 Å². The lowest BCUT2D eigenvalue weighted by Crippen LogP contribution is -2.22. The molecule has 106 valence electrons. The van der Waals surface area contributed by atoms with Gasteiger partial charge < -0.3 is 9.88 Å². The van der Waals surface area contributed by atoms with Gasteiger partial charge in [-0.2, -0.15) is 0 Å². The first kappa shape index (κ1) is 14.9. The normalized spacial score (nSPS) is 12.2. The van der Waals surface area contributed by atoms with Crippen molar-refractivity contribution in [2.24, 2.45) is 0 Å². The molecule has 0 aliphatic rings. The zero-order valence-electron chi connectivity index (χ0n) is 11.2. The second-order valence-corrected chi connectivity index (χ2v) is 5.90. The van der Waals surface area contributed by atoms with Crippen LogP contribution in [0, 0.1) is 0 Å². The van der Waals surface area contributed by atoms with Gasteiger partial charge in [0.05, 0.1) is 5.25 Å². The van der Waals surface area contributed by atoms with Crippen molar-refractivity contribution < 1.29 is 4.79 Å². The molecule has 0 unspecified atom stereocenters. The third-order valence-corrected chi connectivity index (χ3v) is 4.03. The van der Waals surface area contributed by atoms with Crippen LogP contribution in [-0.2, 0) is 11.3 Å². The number of nitrogens with zero attached hydrogens (tertiary/aromatic N) is 3. The fourth-order valence-corrected chi connectivity index (χ4v) is 2.56. The Morgan fingerprint density at radius 3 is 2.80 bits per heavy atom. The summed E-state index contributed by atoms with van der Waals surface area (Å²) >= 11 is 7.19. The average Bonchev–Trinajstić information content (AvgIpc) is 2.88. The number of anilines is 1. The number of thioether (sulfide) groups is 1. The second kappa shape index (κ2) is 6.76. The molecule has 1 aromatic carbocycles. The molecule has 1 heterocycles. The smallest absolute Gasteiger partial charge is 0.237 e. The van der Waals surface area contributed by atoms with Gasteiger partial charge in [-0.25, -0.2) is 0 Å². The van der Waals surface area contributed by atoms with Gasteiger partial charge in [0.15, 0.2) is 5.16 Å². The van der Waals surface area contributed by atoms with Gasteiger partial charge in [0, 0.05) is 17.3 Å². The van der Waals surface area contributed by atoms with Crippen molar-refractivity contribution in [2.45, 2.75) is 30.8 Å². The third kappa shape index (κ3) is 3.74. The topological polar surface area (TPSA) is 59.8 Å². The molecule has 1 amide bonds. The highest BCUT2D eigenvalue weighted by Gasteiger charge is 2.17. The lowest BCUT2D eigenvalue weighted by Gasteiger charge is -2.11. The molecule has 0 radical (unpaired) electrons. The summed E-state index contributed by atoms with van der Waals surface area (Å²) < 4.78 is 1.90. The summed E-state index contributed by atoms with van der Waals surface area (Å²) in [7, 11) is 0. The van der Waals surface area contributed by atoms with Gasteiger partial charge in [0.25, 0.3) is 0 Å². The lowest BCUT2D eigenvalue weighted by molar-refractivity contribution is -0.115. The van der Waals surface area contributed by atoms with Crippen molar-refractivity contribution in [2.75, 3.05) is 5.32 Å². The Morgan fingerprint density at radius 1 is 1.45 bits per heavy atom. The van der Waals surface area contributed by atoms with E-state index in [0.717, 1.165) is 17.4 Å². The number of carbonyl (C=O) groups is 1. The van der Waals surface area contributed by atoms with Gasteiger partial charge in [0.2, 0.25) is 5.91 Å². The Morgan fingerprint density at radius 2 is 2.15 bits per heavy atom. The number of aromatic nitrogens is 3. The first-order chi connectivity index (χ1) is 9.60. The Bertz CT molecular complexity index is 584. The molecular weight excluding hydrogens is 296 g/mol. The van der Waals surface area contributed by atoms with E-state index in [1.165, 1.54) is 11.8 Å². The van der Waals surface area contributed by atoms with E-state index >= 15 is 0 Å². The van der Waals surface area contributed by atoms with Gasteiger partial charge in [0.1, 0.15) is 6.33 Å². The van der Waals surface area contributed by atoms with Crippen LogP contribution in [0.4, 0.5) is 5.69 Å². The van der Waals surface area contributed by atoms with Crippen LogP contribution in [0.3, 0.4) is 0 Å². The van der Waals surface area contributed by atoms with Gasteiger partial charge in [-0.1, -0.05) is 23.4 Å². The maximum atomic E-state index is 12.1. The highest BCUT2D eigenvalue weighted by Crippen LogP contribution is 2.22. The van der Waals surface area contributed by atoms with Crippen molar-refractivity contribution in [1.29, 1.82) is 0 Å². The first-order valence-electron chi connectivity index (χ1n) is 6.21. The first-order valence-corrected chi connectivity index (χ1v) is 7.46. The van der Waals surface area contributed by atoms with E-state index in [9.17, 15) is 4.79 Å². The molecule has 0 saturated carbocycles. The molecule has 0 saturated heterocycles. The summed E-state index contributed by atoms with van der Waals surface area (Å²) in [5, 5.41) is 11.8. The number of amides is 1. The average molecular weight is 311 g/mol. The van der Waals surface area contributed by atoms with Crippen molar-refractivity contribution >= 4 is 35.0 Å². The minimum atomic E-state index is -0.264. The Balaban J connectivity index is 1.97. The molecule has 2 rings (SSSR count). The van der Waals surface area contributed by atoms with E-state index in [4.69, 9.17) is 11.6 Å². The van der Waals surface area contributed by atoms with E-state index in [2.05, 4.69) is 15.5 Å². The predicted molar refractivity (Wildman–Crippen MR) is 81.1 cm³/mol. The summed E-state index contributed by atoms with van der Waals surface area (Å²) in [5.41, 5.74) is 0.726. The van der Waals surface area contributed by atoms with Crippen molar-refractivity contribution in [1.82, 2.24) is 14.8 Å². The van der Waals surface area contributed by atoms with Gasteiger partial charge in [-0.15, -0.1) is 10.2 Å². The van der Waals surface area contributed by atoms with Crippen LogP contribution >= 0.6 is 23.4 Å². The van der Waals surface area contributed by atoms with Gasteiger partial charge in [-0.05, 0) is 38.1 Å². The van der Waals surface area contributed by atoms with Crippen molar-refractivity contribution in [3.05, 3.63) is 35.6 Å². The van der Waals surface area contributed by atoms with E-state index < -0.39 is 0 Å². The fourth-order valence-electron chi connectivity index (χ4n) is 1.54. The molecule has 0 aliphatic carbocycles. The monoisotopic (exact) mass is 310 g/mol. The quantitative estimate of drug-likeness (QED) is 0.862. The number of benzene rings is 1. The molecule has 5 nitrogen and oxygen atoms in total. The molecule has 1 atom stereocenters. The molecule has 0 spiro atoms. The Kier molecular flexibility index (Phi) is 5.03. The van der Waals surface area contributed by atoms with Crippen LogP contribution < -0.4 is 5.32 Å². The molecule has 20 heavy (non-hydrogen) atoms. The zero-order chi connectivity index (χ0) is 14.5. The third-order valence-electron chi connectivity index (χ3n) is 2.68. The van der Waals surface area contributed by atoms with Gasteiger partial charge >= 0.3 is 0 Å². The maximum Gasteiger partial charge on any atom is 0.237 e. The van der Waals surface area contributed by atoms with E-state index in [1.54, 1.807) is 30.6 Å². The number of nitrogens with one attached hydrogen (secondary N) is 1. The number of halogens is 1. The Hall–Kier alpha value is -1.53. The number of rotatable bonds is 5. The fraction of sp³-hybridized carbons (Fsp3) is 0.308. The highest BCUT2D eigenvalue weighted by molar-refractivity contribution is 8.00. The maximum absolute atomic E-state index is 12.1. The van der Waals surface area contributed by atoms with Crippen LogP contribution in [-0.4, -0.2) is 25.9 Å². The second-order valence-electron chi connectivity index (χ2n) is 4.16. The minimum Gasteiger partial charge on any atom is -0.325 e. The molecular formula is C13H15ClN4OS. The molecule has 1 N–H and O–H groups in total. The summed E-state index contributed by atoms with van der Waals surface area (Å²) in [6, 6.07) is 7.02. The summed E-state index contributed by atoms with van der Waals surface area (Å²) in [6.07, 6.45) is 1.66. The van der Waals surface area contributed by atoms with Crippen LogP contribution in [0.15, 0.2) is 35.7 Å². The molecule has 0 aliphatic heterocycles. The lowest BCUT2D eigenvalue weighted by atomic mass is 10.3. The van der Waals surface area contributed by atoms with Crippen LogP contribution in [0.25, 0.3) is 0 Å². The SMILES string of the molecule is CCn1cnnc1S[C@H](C)C(=O)Nc1ccc(Cl)cc1. The predicted octanol–water partition coefficient (Wildman–Crippen LogP) is 3.07. The summed E-state index contributed by atoms with van der Waals surface area (Å²) in [6.45, 7) is 4.62. The van der Waals surface area contributed by atoms with Gasteiger partial charge in [-0.3, -0.25) is 4.79 Å². The van der Waals surface area contributed by atoms with Crippen LogP contribution in [0.2, 0.25) is 5.02 Å². The minimum absolute atomic E-state index is 0.0806. The summed E-state index contributed by atoms with van der Waals surface area (Å²) in [5.74, 6) is -0.0806. The molecule has 0 bridgehead atoms. The van der Waals surface area contributed by atoms with E-state index in [-0.39, 0.29) is 11.2 Å². The number of carbonyl (C=O) groups excluding carboxylic acids is 1. The number of aryl methyl sites for hydroxylation is 1. The van der Waals surface area contributed by atoms with Crippen LogP contribution in [0.1, 0.15) is 13.8 Å². The standard InChI is InChI=1S/C13H15ClN4OS/c1-3-18-8-15-17-13(18)20-9(2)12(19)16-11-6-4-10(14)5-7-11/h4-9H,3H2,1-2H3,(H,16,19)/t9-/m1/s1. The zero-order valence-corrected chi connectivity index (χ0v) is 12.8. The number of hydrogen-bond donors (Lipinski definition) is 1. The largest absolute Gasteiger partial charge is 0.325 e. The van der Waals surface area contributed by atoms with E-state index in [0.29, 0.717) is 5.02 Å². The summed E-state index contributed by atoms with van der Waals surface area (Å²) in [4.78, 5) is 12.1. The highest BCUT2D eigenvalue weighted by atomic mass is 35.5. The van der Waals surface area contributed by atoms with Crippen LogP contribution in [0.5, 0.6) is 0 Å². The molecule has 0 fully saturated rings. The Labute approximate surface area is 126 Å².